The Morgan fingerprint density at radius 3 is 2.77 bits per heavy atom. The van der Waals surface area contributed by atoms with Crippen LogP contribution in [0, 0.1) is 5.82 Å². The molecule has 0 amide bonds. The highest BCUT2D eigenvalue weighted by molar-refractivity contribution is 9.10. The maximum absolute atomic E-state index is 13.1. The number of halogens is 2. The van der Waals surface area contributed by atoms with Crippen LogP contribution in [0.1, 0.15) is 0 Å². The number of rotatable bonds is 0. The fourth-order valence-electron chi connectivity index (χ4n) is 1.09. The molecule has 2 rings (SSSR count). The Kier molecular flexibility index (Phi) is 1.92. The summed E-state index contributed by atoms with van der Waals surface area (Å²) in [6.07, 6.45) is 0. The molecule has 13 heavy (non-hydrogen) atoms. The number of fused-ring (bicyclic) bond motifs is 1. The van der Waals surface area contributed by atoms with E-state index in [1.54, 1.807) is 6.07 Å². The second-order valence-corrected chi connectivity index (χ2v) is 3.38. The molecule has 1 heterocycles. The van der Waals surface area contributed by atoms with Gasteiger partial charge in [-0.3, -0.25) is 0 Å². The van der Waals surface area contributed by atoms with Crippen molar-refractivity contribution in [3.63, 3.8) is 0 Å². The van der Waals surface area contributed by atoms with Gasteiger partial charge >= 0.3 is 5.63 Å². The summed E-state index contributed by atoms with van der Waals surface area (Å²) in [6.45, 7) is 0. The molecule has 1 aromatic carbocycles. The highest BCUT2D eigenvalue weighted by Crippen LogP contribution is 2.24. The highest BCUT2D eigenvalue weighted by Gasteiger charge is 2.06. The van der Waals surface area contributed by atoms with Gasteiger partial charge in [-0.2, -0.15) is 0 Å². The van der Waals surface area contributed by atoms with E-state index in [-0.39, 0.29) is 5.58 Å². The van der Waals surface area contributed by atoms with E-state index in [2.05, 4.69) is 15.9 Å². The third kappa shape index (κ3) is 1.37. The van der Waals surface area contributed by atoms with Gasteiger partial charge in [-0.05, 0) is 18.2 Å². The minimum atomic E-state index is -0.551. The first-order chi connectivity index (χ1) is 6.18. The van der Waals surface area contributed by atoms with Crippen molar-refractivity contribution in [3.8, 4) is 0 Å². The lowest BCUT2D eigenvalue weighted by Gasteiger charge is -1.98. The van der Waals surface area contributed by atoms with Crippen LogP contribution in [0.2, 0.25) is 0 Å². The second-order valence-electron chi connectivity index (χ2n) is 2.53. The van der Waals surface area contributed by atoms with Gasteiger partial charge in [0.1, 0.15) is 0 Å². The monoisotopic (exact) mass is 242 g/mol. The van der Waals surface area contributed by atoms with Crippen LogP contribution in [0.5, 0.6) is 0 Å². The van der Waals surface area contributed by atoms with Crippen molar-refractivity contribution in [1.82, 2.24) is 0 Å². The maximum Gasteiger partial charge on any atom is 0.336 e. The third-order valence-corrected chi connectivity index (χ3v) is 2.38. The minimum absolute atomic E-state index is 0.0122. The quantitative estimate of drug-likeness (QED) is 0.666. The molecule has 0 unspecified atom stereocenters. The fourth-order valence-corrected chi connectivity index (χ4v) is 1.54. The normalized spacial score (nSPS) is 10.6. The van der Waals surface area contributed by atoms with Gasteiger partial charge in [0, 0.05) is 15.9 Å². The molecule has 0 bridgehead atoms. The van der Waals surface area contributed by atoms with Gasteiger partial charge in [0.05, 0.1) is 0 Å². The summed E-state index contributed by atoms with van der Waals surface area (Å²) in [6, 6.07) is 5.59. The molecule has 0 atom stereocenters. The van der Waals surface area contributed by atoms with Gasteiger partial charge in [0.25, 0.3) is 0 Å². The average molecular weight is 243 g/mol. The summed E-state index contributed by atoms with van der Waals surface area (Å²) in [5.41, 5.74) is -0.564. The maximum atomic E-state index is 13.1. The summed E-state index contributed by atoms with van der Waals surface area (Å²) in [5, 5.41) is 0.555. The first-order valence-electron chi connectivity index (χ1n) is 3.56. The van der Waals surface area contributed by atoms with E-state index in [4.69, 9.17) is 4.42 Å². The summed E-state index contributed by atoms with van der Waals surface area (Å²) >= 11 is 3.23. The molecule has 1 aromatic heterocycles. The SMILES string of the molecule is O=c1ccc2c(Br)ccc(F)c2o1. The third-order valence-electron chi connectivity index (χ3n) is 1.68. The van der Waals surface area contributed by atoms with Crippen LogP contribution in [-0.2, 0) is 0 Å². The second kappa shape index (κ2) is 2.96. The molecule has 66 valence electrons. The summed E-state index contributed by atoms with van der Waals surface area (Å²) < 4.78 is 18.5. The van der Waals surface area contributed by atoms with E-state index in [1.807, 2.05) is 0 Å². The van der Waals surface area contributed by atoms with E-state index in [9.17, 15) is 9.18 Å². The van der Waals surface area contributed by atoms with Gasteiger partial charge in [-0.15, -0.1) is 0 Å². The van der Waals surface area contributed by atoms with Crippen molar-refractivity contribution in [2.75, 3.05) is 0 Å². The highest BCUT2D eigenvalue weighted by atomic mass is 79.9. The van der Waals surface area contributed by atoms with Gasteiger partial charge in [-0.1, -0.05) is 15.9 Å². The molecular formula is C9H4BrFO2. The Hall–Kier alpha value is -1.16. The van der Waals surface area contributed by atoms with Crippen LogP contribution in [-0.4, -0.2) is 0 Å². The Morgan fingerprint density at radius 2 is 2.00 bits per heavy atom. The summed E-state index contributed by atoms with van der Waals surface area (Å²) in [5.74, 6) is -0.532. The zero-order valence-electron chi connectivity index (χ0n) is 6.38. The van der Waals surface area contributed by atoms with Gasteiger partial charge < -0.3 is 4.42 Å². The zero-order valence-corrected chi connectivity index (χ0v) is 7.97. The number of benzene rings is 1. The molecule has 0 saturated heterocycles. The van der Waals surface area contributed by atoms with Crippen molar-refractivity contribution >= 4 is 26.9 Å². The first kappa shape index (κ1) is 8.44. The lowest BCUT2D eigenvalue weighted by Crippen LogP contribution is -1.95. The smallest absolute Gasteiger partial charge is 0.336 e. The molecule has 0 aliphatic heterocycles. The molecule has 2 aromatic rings. The molecular weight excluding hydrogens is 239 g/mol. The summed E-state index contributed by atoms with van der Waals surface area (Å²) in [4.78, 5) is 10.8. The molecule has 2 nitrogen and oxygen atoms in total. The number of hydrogen-bond donors (Lipinski definition) is 0. The largest absolute Gasteiger partial charge is 0.420 e. The van der Waals surface area contributed by atoms with Crippen LogP contribution >= 0.6 is 15.9 Å². The van der Waals surface area contributed by atoms with Crippen LogP contribution in [0.4, 0.5) is 4.39 Å². The van der Waals surface area contributed by atoms with Crippen LogP contribution in [0.3, 0.4) is 0 Å². The van der Waals surface area contributed by atoms with Crippen molar-refractivity contribution in [1.29, 1.82) is 0 Å². The Bertz CT molecular complexity index is 518. The first-order valence-corrected chi connectivity index (χ1v) is 4.35. The van der Waals surface area contributed by atoms with Crippen LogP contribution < -0.4 is 5.63 Å². The topological polar surface area (TPSA) is 30.2 Å². The Morgan fingerprint density at radius 1 is 1.23 bits per heavy atom. The Labute approximate surface area is 81.1 Å². The van der Waals surface area contributed by atoms with E-state index >= 15 is 0 Å². The summed E-state index contributed by atoms with van der Waals surface area (Å²) in [7, 11) is 0. The van der Waals surface area contributed by atoms with E-state index in [1.165, 1.54) is 18.2 Å². The lowest BCUT2D eigenvalue weighted by molar-refractivity contribution is 0.524. The van der Waals surface area contributed by atoms with Gasteiger partial charge in [-0.25, -0.2) is 9.18 Å². The van der Waals surface area contributed by atoms with Gasteiger partial charge in [0.15, 0.2) is 11.4 Å². The molecule has 0 aliphatic carbocycles. The molecule has 4 heteroatoms. The van der Waals surface area contributed by atoms with E-state index in [0.29, 0.717) is 9.86 Å². The van der Waals surface area contributed by atoms with Crippen LogP contribution in [0.15, 0.2) is 37.9 Å². The fraction of sp³-hybridized carbons (Fsp3) is 0. The minimum Gasteiger partial charge on any atom is -0.420 e. The van der Waals surface area contributed by atoms with Crippen molar-refractivity contribution in [2.24, 2.45) is 0 Å². The number of hydrogen-bond acceptors (Lipinski definition) is 2. The van der Waals surface area contributed by atoms with Gasteiger partial charge in [0.2, 0.25) is 0 Å². The molecule has 0 radical (unpaired) electrons. The van der Waals surface area contributed by atoms with Crippen molar-refractivity contribution in [2.45, 2.75) is 0 Å². The molecule has 0 aliphatic rings. The standard InChI is InChI=1S/C9H4BrFO2/c10-6-2-3-7(11)9-5(6)1-4-8(12)13-9/h1-4H. The van der Waals surface area contributed by atoms with E-state index in [0.717, 1.165) is 0 Å². The molecule has 0 N–H and O–H groups in total. The van der Waals surface area contributed by atoms with Crippen molar-refractivity contribution < 1.29 is 8.81 Å². The predicted molar refractivity (Wildman–Crippen MR) is 50.1 cm³/mol. The van der Waals surface area contributed by atoms with Crippen molar-refractivity contribution in [3.05, 3.63) is 45.0 Å². The molecule has 0 fully saturated rings. The predicted octanol–water partition coefficient (Wildman–Crippen LogP) is 2.69. The Balaban J connectivity index is 3.00. The molecule has 0 spiro atoms. The van der Waals surface area contributed by atoms with E-state index < -0.39 is 11.4 Å². The zero-order chi connectivity index (χ0) is 9.42. The van der Waals surface area contributed by atoms with Crippen LogP contribution in [0.25, 0.3) is 11.0 Å². The molecule has 0 saturated carbocycles. The average Bonchev–Trinajstić information content (AvgIpc) is 2.12. The lowest BCUT2D eigenvalue weighted by atomic mass is 10.2.